The first-order chi connectivity index (χ1) is 18.2. The summed E-state index contributed by atoms with van der Waals surface area (Å²) >= 11 is 0. The van der Waals surface area contributed by atoms with Gasteiger partial charge in [0.1, 0.15) is 5.82 Å². The van der Waals surface area contributed by atoms with Crippen molar-refractivity contribution >= 4 is 28.2 Å². The van der Waals surface area contributed by atoms with E-state index in [1.54, 1.807) is 7.11 Å². The molecule has 37 heavy (non-hydrogen) atoms. The van der Waals surface area contributed by atoms with E-state index in [0.717, 1.165) is 48.3 Å². The van der Waals surface area contributed by atoms with Crippen LogP contribution in [0.25, 0.3) is 10.8 Å². The first-order valence-electron chi connectivity index (χ1n) is 12.7. The molecule has 190 valence electrons. The molecule has 0 unspecified atom stereocenters. The van der Waals surface area contributed by atoms with Gasteiger partial charge in [-0.3, -0.25) is 4.79 Å². The fourth-order valence-corrected chi connectivity index (χ4v) is 4.74. The normalized spacial score (nSPS) is 13.5. The number of aromatic nitrogens is 1. The zero-order valence-electron chi connectivity index (χ0n) is 21.3. The van der Waals surface area contributed by atoms with Crippen LogP contribution >= 0.6 is 0 Å². The number of fused-ring (bicyclic) bond motifs is 1. The van der Waals surface area contributed by atoms with Crippen LogP contribution in [0.4, 0.5) is 11.5 Å². The molecule has 1 aliphatic rings. The summed E-state index contributed by atoms with van der Waals surface area (Å²) in [5, 5.41) is 5.09. The summed E-state index contributed by atoms with van der Waals surface area (Å²) in [6, 6.07) is 24.0. The van der Waals surface area contributed by atoms with E-state index in [9.17, 15) is 4.79 Å². The lowest BCUT2D eigenvalue weighted by Gasteiger charge is -2.37. The Kier molecular flexibility index (Phi) is 7.40. The molecular weight excluding hydrogens is 464 g/mol. The molecule has 0 aliphatic carbocycles. The zero-order chi connectivity index (χ0) is 25.6. The van der Waals surface area contributed by atoms with Crippen molar-refractivity contribution in [1.29, 1.82) is 0 Å². The first-order valence-corrected chi connectivity index (χ1v) is 12.7. The minimum atomic E-state index is -0.126. The molecule has 4 aromatic rings. The number of carbonyl (C=O) groups is 1. The molecule has 2 heterocycles. The lowest BCUT2D eigenvalue weighted by molar-refractivity contribution is 0.0951. The summed E-state index contributed by atoms with van der Waals surface area (Å²) in [5.41, 5.74) is 2.80. The third-order valence-corrected chi connectivity index (χ3v) is 6.69. The number of pyridine rings is 1. The number of para-hydroxylation sites is 1. The Morgan fingerprint density at radius 3 is 2.46 bits per heavy atom. The molecule has 1 fully saturated rings. The Bertz CT molecular complexity index is 1370. The van der Waals surface area contributed by atoms with Crippen molar-refractivity contribution < 1.29 is 14.3 Å². The maximum atomic E-state index is 13.1. The average Bonchev–Trinajstić information content (AvgIpc) is 2.96. The van der Waals surface area contributed by atoms with E-state index in [1.165, 1.54) is 5.69 Å². The Morgan fingerprint density at radius 2 is 1.70 bits per heavy atom. The van der Waals surface area contributed by atoms with Gasteiger partial charge in [0, 0.05) is 55.6 Å². The minimum Gasteiger partial charge on any atom is -0.493 e. The van der Waals surface area contributed by atoms with E-state index in [2.05, 4.69) is 39.4 Å². The second kappa shape index (κ2) is 11.2. The quantitative estimate of drug-likeness (QED) is 0.374. The number of nitrogens with zero attached hydrogens (tertiary/aromatic N) is 3. The van der Waals surface area contributed by atoms with Crippen molar-refractivity contribution in [2.75, 3.05) is 49.7 Å². The number of nitrogens with one attached hydrogen (secondary N) is 1. The third-order valence-electron chi connectivity index (χ3n) is 6.69. The summed E-state index contributed by atoms with van der Waals surface area (Å²) < 4.78 is 11.0. The van der Waals surface area contributed by atoms with Crippen LogP contribution in [-0.4, -0.2) is 50.8 Å². The van der Waals surface area contributed by atoms with Crippen LogP contribution in [0.3, 0.4) is 0 Å². The van der Waals surface area contributed by atoms with Gasteiger partial charge in [-0.2, -0.15) is 0 Å². The number of hydrogen-bond acceptors (Lipinski definition) is 6. The lowest BCUT2D eigenvalue weighted by atomic mass is 10.1. The molecule has 5 rings (SSSR count). The fraction of sp³-hybridized carbons (Fsp3) is 0.267. The van der Waals surface area contributed by atoms with Crippen molar-refractivity contribution in [3.05, 3.63) is 90.1 Å². The van der Waals surface area contributed by atoms with Crippen molar-refractivity contribution in [1.82, 2.24) is 10.3 Å². The highest BCUT2D eigenvalue weighted by atomic mass is 16.5. The second-order valence-electron chi connectivity index (χ2n) is 8.98. The number of carbonyl (C=O) groups excluding carboxylic acids is 1. The highest BCUT2D eigenvalue weighted by molar-refractivity contribution is 6.01. The molecule has 1 amide bonds. The number of ether oxygens (including phenoxy) is 2. The van der Waals surface area contributed by atoms with E-state index in [-0.39, 0.29) is 5.91 Å². The molecular formula is C30H32N4O3. The maximum Gasteiger partial charge on any atom is 0.251 e. The topological polar surface area (TPSA) is 66.9 Å². The highest BCUT2D eigenvalue weighted by Crippen LogP contribution is 2.29. The monoisotopic (exact) mass is 496 g/mol. The van der Waals surface area contributed by atoms with E-state index >= 15 is 0 Å². The van der Waals surface area contributed by atoms with Gasteiger partial charge in [-0.1, -0.05) is 30.3 Å². The Labute approximate surface area is 217 Å². The zero-order valence-corrected chi connectivity index (χ0v) is 21.3. The van der Waals surface area contributed by atoms with Crippen LogP contribution in [0.15, 0.2) is 79.0 Å². The summed E-state index contributed by atoms with van der Waals surface area (Å²) in [5.74, 6) is 2.15. The van der Waals surface area contributed by atoms with Crippen molar-refractivity contribution in [3.8, 4) is 11.5 Å². The van der Waals surface area contributed by atoms with Gasteiger partial charge in [-0.25, -0.2) is 4.98 Å². The minimum absolute atomic E-state index is 0.126. The molecule has 0 radical (unpaired) electrons. The standard InChI is InChI=1S/C30H32N4O3/c1-3-37-27-12-9-22(19-28(27)36-2)21-32-30(35)24-11-10-23-13-14-31-29(26(23)20-24)34-17-15-33(16-18-34)25-7-5-4-6-8-25/h4-14,19-20H,3,15-18,21H2,1-2H3,(H,32,35). The number of amides is 1. The number of rotatable bonds is 8. The number of hydrogen-bond donors (Lipinski definition) is 1. The van der Waals surface area contributed by atoms with Gasteiger partial charge < -0.3 is 24.6 Å². The average molecular weight is 497 g/mol. The van der Waals surface area contributed by atoms with Crippen LogP contribution in [-0.2, 0) is 6.54 Å². The molecule has 1 aliphatic heterocycles. The fourth-order valence-electron chi connectivity index (χ4n) is 4.74. The van der Waals surface area contributed by atoms with Gasteiger partial charge in [0.25, 0.3) is 5.91 Å². The van der Waals surface area contributed by atoms with Gasteiger partial charge in [-0.05, 0) is 60.3 Å². The SMILES string of the molecule is CCOc1ccc(CNC(=O)c2ccc3ccnc(N4CCN(c5ccccc5)CC4)c3c2)cc1OC. The molecule has 1 aromatic heterocycles. The Balaban J connectivity index is 1.29. The van der Waals surface area contributed by atoms with Crippen LogP contribution < -0.4 is 24.6 Å². The molecule has 0 bridgehead atoms. The summed E-state index contributed by atoms with van der Waals surface area (Å²) in [6.45, 7) is 6.48. The second-order valence-corrected chi connectivity index (χ2v) is 8.98. The summed E-state index contributed by atoms with van der Waals surface area (Å²) in [4.78, 5) is 22.5. The van der Waals surface area contributed by atoms with Gasteiger partial charge in [0.15, 0.2) is 11.5 Å². The number of piperazine rings is 1. The molecule has 0 spiro atoms. The predicted molar refractivity (Wildman–Crippen MR) is 148 cm³/mol. The summed E-state index contributed by atoms with van der Waals surface area (Å²) in [7, 11) is 1.61. The predicted octanol–water partition coefficient (Wildman–Crippen LogP) is 4.90. The Morgan fingerprint density at radius 1 is 0.919 bits per heavy atom. The molecule has 7 nitrogen and oxygen atoms in total. The van der Waals surface area contributed by atoms with Gasteiger partial charge in [0.2, 0.25) is 0 Å². The van der Waals surface area contributed by atoms with Gasteiger partial charge in [0.05, 0.1) is 13.7 Å². The molecule has 0 saturated carbocycles. The lowest BCUT2D eigenvalue weighted by Crippen LogP contribution is -2.46. The van der Waals surface area contributed by atoms with E-state index in [4.69, 9.17) is 14.5 Å². The van der Waals surface area contributed by atoms with Crippen LogP contribution in [0.5, 0.6) is 11.5 Å². The number of anilines is 2. The molecule has 1 N–H and O–H groups in total. The molecule has 0 atom stereocenters. The largest absolute Gasteiger partial charge is 0.493 e. The third kappa shape index (κ3) is 5.45. The molecule has 3 aromatic carbocycles. The van der Waals surface area contributed by atoms with Crippen molar-refractivity contribution in [3.63, 3.8) is 0 Å². The van der Waals surface area contributed by atoms with E-state index in [1.807, 2.05) is 61.7 Å². The van der Waals surface area contributed by atoms with Crippen molar-refractivity contribution in [2.45, 2.75) is 13.5 Å². The smallest absolute Gasteiger partial charge is 0.251 e. The van der Waals surface area contributed by atoms with E-state index < -0.39 is 0 Å². The van der Waals surface area contributed by atoms with Crippen LogP contribution in [0.1, 0.15) is 22.8 Å². The maximum absolute atomic E-state index is 13.1. The Hall–Kier alpha value is -4.26. The van der Waals surface area contributed by atoms with Crippen molar-refractivity contribution in [2.24, 2.45) is 0 Å². The number of benzene rings is 3. The summed E-state index contributed by atoms with van der Waals surface area (Å²) in [6.07, 6.45) is 1.85. The molecule has 7 heteroatoms. The highest BCUT2D eigenvalue weighted by Gasteiger charge is 2.20. The van der Waals surface area contributed by atoms with E-state index in [0.29, 0.717) is 30.2 Å². The van der Waals surface area contributed by atoms with Crippen LogP contribution in [0.2, 0.25) is 0 Å². The molecule has 1 saturated heterocycles. The van der Waals surface area contributed by atoms with Crippen LogP contribution in [0, 0.1) is 0 Å². The van der Waals surface area contributed by atoms with Gasteiger partial charge >= 0.3 is 0 Å². The van der Waals surface area contributed by atoms with Gasteiger partial charge in [-0.15, -0.1) is 0 Å². The number of methoxy groups -OCH3 is 1. The first kappa shape index (κ1) is 24.4.